The lowest BCUT2D eigenvalue weighted by Crippen LogP contribution is -2.21. The zero-order chi connectivity index (χ0) is 21.5. The van der Waals surface area contributed by atoms with E-state index in [0.29, 0.717) is 35.5 Å². The van der Waals surface area contributed by atoms with Crippen LogP contribution in [-0.2, 0) is 12.6 Å². The molecule has 0 amide bonds. The van der Waals surface area contributed by atoms with Gasteiger partial charge in [0, 0.05) is 11.8 Å². The normalized spacial score (nSPS) is 13.2. The summed E-state index contributed by atoms with van der Waals surface area (Å²) in [6.45, 7) is 0. The van der Waals surface area contributed by atoms with E-state index in [4.69, 9.17) is 5.11 Å². The Bertz CT molecular complexity index is 1180. The molecule has 0 spiro atoms. The van der Waals surface area contributed by atoms with Crippen LogP contribution in [0.5, 0.6) is 0 Å². The van der Waals surface area contributed by atoms with E-state index in [0.717, 1.165) is 16.8 Å². The number of carboxylic acids is 1. The van der Waals surface area contributed by atoms with Gasteiger partial charge in [0.25, 0.3) is 5.91 Å². The van der Waals surface area contributed by atoms with Gasteiger partial charge >= 0.3 is 12.1 Å². The first kappa shape index (κ1) is 19.6. The zero-order valence-corrected chi connectivity index (χ0v) is 15.3. The van der Waals surface area contributed by atoms with E-state index in [9.17, 15) is 22.8 Å². The number of halogens is 3. The standard InChI is InChI=1S/C21H14F3N3O3/c22-21(23,24)15-5-2-1-4-14(15)19(28)27-16-6-3-11-25-18(16)17(26-27)12-7-9-13(10-8-12)20(29)30/h1-2,4-5,7-11H,3,6H2,(H,29,30). The van der Waals surface area contributed by atoms with Crippen molar-refractivity contribution in [3.8, 4) is 11.3 Å². The summed E-state index contributed by atoms with van der Waals surface area (Å²) in [5, 5.41) is 13.3. The Labute approximate surface area is 168 Å². The second-order valence-corrected chi connectivity index (χ2v) is 6.64. The summed E-state index contributed by atoms with van der Waals surface area (Å²) < 4.78 is 41.1. The zero-order valence-electron chi connectivity index (χ0n) is 15.3. The number of nitrogens with zero attached hydrogens (tertiary/aromatic N) is 3. The number of carbonyl (C=O) groups excluding carboxylic acids is 1. The summed E-state index contributed by atoms with van der Waals surface area (Å²) >= 11 is 0. The number of benzene rings is 2. The molecule has 30 heavy (non-hydrogen) atoms. The van der Waals surface area contributed by atoms with Crippen LogP contribution in [0.15, 0.2) is 53.5 Å². The Kier molecular flexibility index (Phi) is 4.73. The summed E-state index contributed by atoms with van der Waals surface area (Å²) in [6.07, 6.45) is -2.13. The molecule has 1 aliphatic heterocycles. The van der Waals surface area contributed by atoms with Crippen LogP contribution in [0, 0.1) is 0 Å². The maximum Gasteiger partial charge on any atom is 0.417 e. The first-order chi connectivity index (χ1) is 14.3. The van der Waals surface area contributed by atoms with Crippen LogP contribution in [0.4, 0.5) is 18.9 Å². The average molecular weight is 413 g/mol. The maximum absolute atomic E-state index is 13.4. The van der Waals surface area contributed by atoms with Crippen molar-refractivity contribution in [3.05, 3.63) is 70.9 Å². The Hall–Kier alpha value is -3.75. The van der Waals surface area contributed by atoms with Crippen molar-refractivity contribution in [2.75, 3.05) is 0 Å². The number of hydrogen-bond acceptors (Lipinski definition) is 4. The Morgan fingerprint density at radius 3 is 2.40 bits per heavy atom. The molecule has 0 saturated heterocycles. The van der Waals surface area contributed by atoms with Gasteiger partial charge in [-0.3, -0.25) is 9.79 Å². The van der Waals surface area contributed by atoms with Crippen molar-refractivity contribution in [1.82, 2.24) is 9.78 Å². The molecule has 1 N–H and O–H groups in total. The summed E-state index contributed by atoms with van der Waals surface area (Å²) in [5.74, 6) is -1.99. The average Bonchev–Trinajstić information content (AvgIpc) is 3.12. The van der Waals surface area contributed by atoms with Crippen LogP contribution in [0.25, 0.3) is 11.3 Å². The molecule has 2 aromatic carbocycles. The van der Waals surface area contributed by atoms with Crippen molar-refractivity contribution in [3.63, 3.8) is 0 Å². The van der Waals surface area contributed by atoms with Gasteiger partial charge < -0.3 is 5.11 Å². The molecule has 9 heteroatoms. The first-order valence-corrected chi connectivity index (χ1v) is 8.96. The van der Waals surface area contributed by atoms with Crippen molar-refractivity contribution in [1.29, 1.82) is 0 Å². The van der Waals surface area contributed by atoms with Crippen molar-refractivity contribution in [2.45, 2.75) is 19.0 Å². The van der Waals surface area contributed by atoms with Gasteiger partial charge in [0.1, 0.15) is 11.4 Å². The minimum atomic E-state index is -4.69. The van der Waals surface area contributed by atoms with E-state index in [-0.39, 0.29) is 5.56 Å². The highest BCUT2D eigenvalue weighted by atomic mass is 19.4. The van der Waals surface area contributed by atoms with Crippen LogP contribution in [-0.4, -0.2) is 33.0 Å². The molecule has 3 aromatic rings. The van der Waals surface area contributed by atoms with Gasteiger partial charge in [0.15, 0.2) is 0 Å². The number of hydrogen-bond donors (Lipinski definition) is 1. The summed E-state index contributed by atoms with van der Waals surface area (Å²) in [4.78, 5) is 28.4. The number of alkyl halides is 3. The third-order valence-electron chi connectivity index (χ3n) is 4.74. The second kappa shape index (κ2) is 7.25. The van der Waals surface area contributed by atoms with E-state index < -0.39 is 29.2 Å². The third kappa shape index (κ3) is 3.38. The molecule has 0 fully saturated rings. The fourth-order valence-corrected chi connectivity index (χ4v) is 3.33. The van der Waals surface area contributed by atoms with E-state index in [1.54, 1.807) is 6.21 Å². The Morgan fingerprint density at radius 2 is 1.73 bits per heavy atom. The van der Waals surface area contributed by atoms with Gasteiger partial charge in [0.05, 0.1) is 22.4 Å². The topological polar surface area (TPSA) is 84.5 Å². The number of fused-ring (bicyclic) bond motifs is 1. The molecule has 6 nitrogen and oxygen atoms in total. The number of aromatic carboxylic acids is 1. The van der Waals surface area contributed by atoms with E-state index in [2.05, 4.69) is 10.1 Å². The minimum Gasteiger partial charge on any atom is -0.478 e. The molecular formula is C21H14F3N3O3. The monoisotopic (exact) mass is 413 g/mol. The van der Waals surface area contributed by atoms with Crippen LogP contribution in [0.1, 0.15) is 38.4 Å². The lowest BCUT2D eigenvalue weighted by atomic mass is 10.0. The van der Waals surface area contributed by atoms with E-state index >= 15 is 0 Å². The van der Waals surface area contributed by atoms with Crippen molar-refractivity contribution < 1.29 is 27.9 Å². The fraction of sp³-hybridized carbons (Fsp3) is 0.143. The smallest absolute Gasteiger partial charge is 0.417 e. The van der Waals surface area contributed by atoms with Gasteiger partial charge in [-0.2, -0.15) is 23.0 Å². The summed E-state index contributed by atoms with van der Waals surface area (Å²) in [6, 6.07) is 10.4. The highest BCUT2D eigenvalue weighted by molar-refractivity contribution is 5.99. The van der Waals surface area contributed by atoms with Crippen LogP contribution in [0.3, 0.4) is 0 Å². The largest absolute Gasteiger partial charge is 0.478 e. The Balaban J connectivity index is 1.84. The number of carbonyl (C=O) groups is 2. The number of aliphatic imine (C=N–C) groups is 1. The fourth-order valence-electron chi connectivity index (χ4n) is 3.33. The molecular weight excluding hydrogens is 399 g/mol. The molecule has 0 saturated carbocycles. The van der Waals surface area contributed by atoms with Gasteiger partial charge in [-0.15, -0.1) is 0 Å². The van der Waals surface area contributed by atoms with Gasteiger partial charge in [-0.25, -0.2) is 4.79 Å². The minimum absolute atomic E-state index is 0.0748. The summed E-state index contributed by atoms with van der Waals surface area (Å²) in [7, 11) is 0. The number of carboxylic acid groups (broad SMARTS) is 1. The highest BCUT2D eigenvalue weighted by Gasteiger charge is 2.36. The number of rotatable bonds is 3. The molecule has 0 unspecified atom stereocenters. The molecule has 0 atom stereocenters. The van der Waals surface area contributed by atoms with Gasteiger partial charge in [0.2, 0.25) is 0 Å². The predicted molar refractivity (Wildman–Crippen MR) is 102 cm³/mol. The molecule has 1 aliphatic rings. The van der Waals surface area contributed by atoms with Crippen LogP contribution >= 0.6 is 0 Å². The maximum atomic E-state index is 13.4. The van der Waals surface area contributed by atoms with E-state index in [1.807, 2.05) is 0 Å². The lowest BCUT2D eigenvalue weighted by molar-refractivity contribution is -0.137. The van der Waals surface area contributed by atoms with Crippen LogP contribution in [0.2, 0.25) is 0 Å². The molecule has 2 heterocycles. The van der Waals surface area contributed by atoms with Gasteiger partial charge in [-0.1, -0.05) is 24.3 Å². The van der Waals surface area contributed by atoms with Crippen LogP contribution < -0.4 is 0 Å². The molecule has 0 radical (unpaired) electrons. The van der Waals surface area contributed by atoms with Crippen molar-refractivity contribution in [2.24, 2.45) is 4.99 Å². The highest BCUT2D eigenvalue weighted by Crippen LogP contribution is 2.37. The van der Waals surface area contributed by atoms with E-state index in [1.165, 1.54) is 36.4 Å². The molecule has 0 bridgehead atoms. The first-order valence-electron chi connectivity index (χ1n) is 8.96. The molecule has 1 aromatic heterocycles. The summed E-state index contributed by atoms with van der Waals surface area (Å²) in [5.41, 5.74) is 0.148. The molecule has 4 rings (SSSR count). The van der Waals surface area contributed by atoms with Crippen molar-refractivity contribution >= 4 is 23.8 Å². The quantitative estimate of drug-likeness (QED) is 0.680. The SMILES string of the molecule is O=C(O)c1ccc(-c2nn(C(=O)c3ccccc3C(F)(F)F)c3c2N=CCC3)cc1. The van der Waals surface area contributed by atoms with Gasteiger partial charge in [-0.05, 0) is 37.1 Å². The number of aromatic nitrogens is 2. The lowest BCUT2D eigenvalue weighted by Gasteiger charge is -2.13. The third-order valence-corrected chi connectivity index (χ3v) is 4.74. The Morgan fingerprint density at radius 1 is 1.03 bits per heavy atom. The second-order valence-electron chi connectivity index (χ2n) is 6.64. The molecule has 152 valence electrons. The molecule has 0 aliphatic carbocycles. The predicted octanol–water partition coefficient (Wildman–Crippen LogP) is 4.60.